The van der Waals surface area contributed by atoms with Gasteiger partial charge in [0.25, 0.3) is 5.91 Å². The van der Waals surface area contributed by atoms with E-state index in [1.165, 1.54) is 18.3 Å². The molecule has 4 rings (SSSR count). The average molecular weight is 448 g/mol. The van der Waals surface area contributed by atoms with Crippen molar-refractivity contribution in [1.82, 2.24) is 9.97 Å². The Hall–Kier alpha value is -3.38. The van der Waals surface area contributed by atoms with E-state index in [0.717, 1.165) is 27.0 Å². The molecule has 2 heterocycles. The molecule has 1 N–H and O–H groups in total. The zero-order chi connectivity index (χ0) is 20.2. The van der Waals surface area contributed by atoms with E-state index in [0.29, 0.717) is 11.3 Å². The number of nitrogens with one attached hydrogen (secondary N) is 1. The number of anilines is 1. The number of pyridine rings is 2. The summed E-state index contributed by atoms with van der Waals surface area (Å²) in [6.45, 7) is 0. The fourth-order valence-corrected chi connectivity index (χ4v) is 3.24. The zero-order valence-electron chi connectivity index (χ0n) is 15.1. The second-order valence-corrected chi connectivity index (χ2v) is 7.26. The number of benzene rings is 2. The number of hydrogen-bond donors (Lipinski definition) is 1. The van der Waals surface area contributed by atoms with Crippen LogP contribution in [0.25, 0.3) is 22.5 Å². The Balaban J connectivity index is 1.59. The van der Waals surface area contributed by atoms with E-state index in [1.807, 2.05) is 42.5 Å². The van der Waals surface area contributed by atoms with Gasteiger partial charge in [0, 0.05) is 33.7 Å². The van der Waals surface area contributed by atoms with Gasteiger partial charge in [-0.25, -0.2) is 9.37 Å². The number of halogens is 2. The molecule has 0 aliphatic heterocycles. The monoisotopic (exact) mass is 447 g/mol. The molecule has 4 aromatic rings. The normalized spacial score (nSPS) is 10.6. The van der Waals surface area contributed by atoms with Gasteiger partial charge in [0.2, 0.25) is 0 Å². The van der Waals surface area contributed by atoms with Crippen molar-refractivity contribution in [2.45, 2.75) is 0 Å². The smallest absolute Gasteiger partial charge is 0.257 e. The van der Waals surface area contributed by atoms with Crippen LogP contribution in [0.4, 0.5) is 10.1 Å². The first-order valence-corrected chi connectivity index (χ1v) is 9.63. The van der Waals surface area contributed by atoms with E-state index in [9.17, 15) is 9.18 Å². The van der Waals surface area contributed by atoms with Crippen LogP contribution in [0, 0.1) is 5.82 Å². The quantitative estimate of drug-likeness (QED) is 0.419. The summed E-state index contributed by atoms with van der Waals surface area (Å²) in [7, 11) is 0. The van der Waals surface area contributed by atoms with Gasteiger partial charge in [0.15, 0.2) is 0 Å². The van der Waals surface area contributed by atoms with Crippen LogP contribution in [0.5, 0.6) is 0 Å². The molecule has 0 aliphatic rings. The molecule has 2 aromatic heterocycles. The molecule has 29 heavy (non-hydrogen) atoms. The molecule has 0 fully saturated rings. The van der Waals surface area contributed by atoms with Crippen LogP contribution in [0.1, 0.15) is 10.4 Å². The van der Waals surface area contributed by atoms with E-state index in [4.69, 9.17) is 0 Å². The van der Waals surface area contributed by atoms with Gasteiger partial charge in [0.1, 0.15) is 5.82 Å². The molecule has 4 nitrogen and oxygen atoms in total. The van der Waals surface area contributed by atoms with Crippen molar-refractivity contribution >= 4 is 27.5 Å². The summed E-state index contributed by atoms with van der Waals surface area (Å²) in [6.07, 6.45) is 3.13. The summed E-state index contributed by atoms with van der Waals surface area (Å²) in [5.41, 5.74) is 4.31. The van der Waals surface area contributed by atoms with Crippen molar-refractivity contribution in [2.24, 2.45) is 0 Å². The standard InChI is InChI=1S/C23H15BrFN3O/c24-18-11-17(13-26-14-18)23(29)27-20-4-1-3-16(12-20)22-6-2-5-21(28-22)15-7-9-19(25)10-8-15/h1-14H,(H,27,29). The van der Waals surface area contributed by atoms with Crippen LogP contribution in [-0.2, 0) is 0 Å². The van der Waals surface area contributed by atoms with Gasteiger partial charge in [-0.15, -0.1) is 0 Å². The van der Waals surface area contributed by atoms with Crippen LogP contribution in [0.15, 0.2) is 89.7 Å². The van der Waals surface area contributed by atoms with Crippen LogP contribution in [0.2, 0.25) is 0 Å². The number of hydrogen-bond acceptors (Lipinski definition) is 3. The number of carbonyl (C=O) groups excluding carboxylic acids is 1. The van der Waals surface area contributed by atoms with Crippen molar-refractivity contribution in [3.8, 4) is 22.5 Å². The summed E-state index contributed by atoms with van der Waals surface area (Å²) in [5, 5.41) is 2.88. The van der Waals surface area contributed by atoms with Gasteiger partial charge in [-0.1, -0.05) is 18.2 Å². The third-order valence-electron chi connectivity index (χ3n) is 4.27. The molecule has 6 heteroatoms. The minimum atomic E-state index is -0.283. The first-order valence-electron chi connectivity index (χ1n) is 8.84. The lowest BCUT2D eigenvalue weighted by Crippen LogP contribution is -2.12. The zero-order valence-corrected chi connectivity index (χ0v) is 16.7. The molecule has 142 valence electrons. The fraction of sp³-hybridized carbons (Fsp3) is 0. The van der Waals surface area contributed by atoms with Crippen LogP contribution < -0.4 is 5.32 Å². The van der Waals surface area contributed by atoms with E-state index in [1.54, 1.807) is 24.4 Å². The van der Waals surface area contributed by atoms with Gasteiger partial charge >= 0.3 is 0 Å². The molecule has 1 amide bonds. The number of rotatable bonds is 4. The molecule has 0 radical (unpaired) electrons. The molecule has 0 atom stereocenters. The molecular formula is C23H15BrFN3O. The van der Waals surface area contributed by atoms with Gasteiger partial charge in [-0.2, -0.15) is 0 Å². The van der Waals surface area contributed by atoms with E-state index < -0.39 is 0 Å². The Morgan fingerprint density at radius 1 is 0.862 bits per heavy atom. The molecule has 0 bridgehead atoms. The average Bonchev–Trinajstić information content (AvgIpc) is 2.74. The predicted octanol–water partition coefficient (Wildman–Crippen LogP) is 5.96. The van der Waals surface area contributed by atoms with Crippen molar-refractivity contribution in [3.05, 3.63) is 101 Å². The highest BCUT2D eigenvalue weighted by atomic mass is 79.9. The van der Waals surface area contributed by atoms with E-state index in [-0.39, 0.29) is 11.7 Å². The van der Waals surface area contributed by atoms with E-state index in [2.05, 4.69) is 31.2 Å². The lowest BCUT2D eigenvalue weighted by atomic mass is 10.1. The third-order valence-corrected chi connectivity index (χ3v) is 4.71. The third kappa shape index (κ3) is 4.55. The SMILES string of the molecule is O=C(Nc1cccc(-c2cccc(-c3ccc(F)cc3)n2)c1)c1cncc(Br)c1. The summed E-state index contributed by atoms with van der Waals surface area (Å²) in [6, 6.07) is 21.1. The maximum Gasteiger partial charge on any atom is 0.257 e. The van der Waals surface area contributed by atoms with Gasteiger partial charge in [-0.05, 0) is 70.5 Å². The molecule has 0 spiro atoms. The van der Waals surface area contributed by atoms with Crippen LogP contribution in [-0.4, -0.2) is 15.9 Å². The number of carbonyl (C=O) groups is 1. The van der Waals surface area contributed by atoms with Crippen LogP contribution >= 0.6 is 15.9 Å². The van der Waals surface area contributed by atoms with Crippen molar-refractivity contribution in [2.75, 3.05) is 5.32 Å². The summed E-state index contributed by atoms with van der Waals surface area (Å²) in [5.74, 6) is -0.530. The highest BCUT2D eigenvalue weighted by Gasteiger charge is 2.09. The Labute approximate surface area is 175 Å². The van der Waals surface area contributed by atoms with Crippen LogP contribution in [0.3, 0.4) is 0 Å². The molecule has 0 unspecified atom stereocenters. The second kappa shape index (κ2) is 8.32. The molecule has 0 aliphatic carbocycles. The van der Waals surface area contributed by atoms with Gasteiger partial charge < -0.3 is 5.32 Å². The summed E-state index contributed by atoms with van der Waals surface area (Å²) < 4.78 is 13.9. The molecule has 0 saturated carbocycles. The Morgan fingerprint density at radius 3 is 2.34 bits per heavy atom. The minimum Gasteiger partial charge on any atom is -0.322 e. The lowest BCUT2D eigenvalue weighted by Gasteiger charge is -2.09. The van der Waals surface area contributed by atoms with Crippen molar-refractivity contribution in [1.29, 1.82) is 0 Å². The maximum absolute atomic E-state index is 13.2. The Bertz CT molecular complexity index is 1180. The lowest BCUT2D eigenvalue weighted by molar-refractivity contribution is 0.102. The van der Waals surface area contributed by atoms with E-state index >= 15 is 0 Å². The Kier molecular flexibility index (Phi) is 5.44. The second-order valence-electron chi connectivity index (χ2n) is 6.34. The highest BCUT2D eigenvalue weighted by Crippen LogP contribution is 2.25. The molecule has 2 aromatic carbocycles. The van der Waals surface area contributed by atoms with Gasteiger partial charge in [-0.3, -0.25) is 9.78 Å². The first kappa shape index (κ1) is 19.0. The summed E-state index contributed by atoms with van der Waals surface area (Å²) >= 11 is 3.32. The summed E-state index contributed by atoms with van der Waals surface area (Å²) in [4.78, 5) is 21.2. The first-order chi connectivity index (χ1) is 14.1. The molecule has 0 saturated heterocycles. The minimum absolute atomic E-state index is 0.246. The van der Waals surface area contributed by atoms with Gasteiger partial charge in [0.05, 0.1) is 17.0 Å². The number of nitrogens with zero attached hydrogens (tertiary/aromatic N) is 2. The largest absolute Gasteiger partial charge is 0.322 e. The number of amides is 1. The fourth-order valence-electron chi connectivity index (χ4n) is 2.87. The molecular weight excluding hydrogens is 433 g/mol. The number of aromatic nitrogens is 2. The highest BCUT2D eigenvalue weighted by molar-refractivity contribution is 9.10. The maximum atomic E-state index is 13.2. The van der Waals surface area contributed by atoms with Crippen molar-refractivity contribution < 1.29 is 9.18 Å². The topological polar surface area (TPSA) is 54.9 Å². The Morgan fingerprint density at radius 2 is 1.59 bits per heavy atom. The van der Waals surface area contributed by atoms with Crippen molar-refractivity contribution in [3.63, 3.8) is 0 Å². The predicted molar refractivity (Wildman–Crippen MR) is 115 cm³/mol.